The standard InChI is InChI=1S/C28H31N3O3S/c1-22-17-19-25(20-18-22)35(33,34)31(21-23-11-5-4-6-12-23)27-16-10-9-15-26(27)28(32)30-29-24-13-7-2-3-8-14-24/h4-6,9-12,15-20H,2-3,7-8,13-14,21H2,1H3,(H,30,32). The highest BCUT2D eigenvalue weighted by Gasteiger charge is 2.28. The van der Waals surface area contributed by atoms with E-state index in [0.717, 1.165) is 42.5 Å². The zero-order chi connectivity index (χ0) is 24.7. The van der Waals surface area contributed by atoms with E-state index in [1.54, 1.807) is 48.5 Å². The lowest BCUT2D eigenvalue weighted by Gasteiger charge is -2.26. The van der Waals surface area contributed by atoms with E-state index >= 15 is 0 Å². The maximum atomic E-state index is 13.8. The van der Waals surface area contributed by atoms with Crippen molar-refractivity contribution in [2.45, 2.75) is 56.9 Å². The van der Waals surface area contributed by atoms with Crippen molar-refractivity contribution in [1.29, 1.82) is 0 Å². The summed E-state index contributed by atoms with van der Waals surface area (Å²) >= 11 is 0. The SMILES string of the molecule is Cc1ccc(S(=O)(=O)N(Cc2ccccc2)c2ccccc2C(=O)NN=C2CCCCCC2)cc1. The Morgan fingerprint density at radius 3 is 2.17 bits per heavy atom. The lowest BCUT2D eigenvalue weighted by Crippen LogP contribution is -2.33. The molecule has 0 radical (unpaired) electrons. The number of benzene rings is 3. The molecule has 6 nitrogen and oxygen atoms in total. The summed E-state index contributed by atoms with van der Waals surface area (Å²) in [5, 5.41) is 4.38. The number of carbonyl (C=O) groups excluding carboxylic acids is 1. The fourth-order valence-corrected chi connectivity index (χ4v) is 5.68. The first-order chi connectivity index (χ1) is 16.9. The van der Waals surface area contributed by atoms with Crippen molar-refractivity contribution in [3.63, 3.8) is 0 Å². The van der Waals surface area contributed by atoms with Crippen molar-refractivity contribution in [1.82, 2.24) is 5.43 Å². The molecule has 1 fully saturated rings. The number of carbonyl (C=O) groups is 1. The van der Waals surface area contributed by atoms with Gasteiger partial charge in [0.25, 0.3) is 15.9 Å². The summed E-state index contributed by atoms with van der Waals surface area (Å²) in [5.41, 5.74) is 6.03. The Labute approximate surface area is 207 Å². The van der Waals surface area contributed by atoms with Gasteiger partial charge in [-0.05, 0) is 62.4 Å². The summed E-state index contributed by atoms with van der Waals surface area (Å²) in [5.74, 6) is -0.422. The van der Waals surface area contributed by atoms with Gasteiger partial charge in [0.2, 0.25) is 0 Å². The predicted octanol–water partition coefficient (Wildman–Crippen LogP) is 5.83. The number of sulfonamides is 1. The Hall–Kier alpha value is -3.45. The Bertz CT molecular complexity index is 1280. The Morgan fingerprint density at radius 1 is 0.857 bits per heavy atom. The molecule has 3 aromatic rings. The van der Waals surface area contributed by atoms with Crippen LogP contribution in [0.2, 0.25) is 0 Å². The maximum absolute atomic E-state index is 13.8. The molecule has 0 saturated heterocycles. The highest BCUT2D eigenvalue weighted by molar-refractivity contribution is 7.92. The van der Waals surface area contributed by atoms with E-state index in [1.165, 1.54) is 17.1 Å². The van der Waals surface area contributed by atoms with E-state index in [2.05, 4.69) is 10.5 Å². The van der Waals surface area contributed by atoms with E-state index in [9.17, 15) is 13.2 Å². The molecule has 0 atom stereocenters. The van der Waals surface area contributed by atoms with Crippen molar-refractivity contribution in [2.75, 3.05) is 4.31 Å². The number of anilines is 1. The maximum Gasteiger partial charge on any atom is 0.273 e. The summed E-state index contributed by atoms with van der Waals surface area (Å²) in [6.07, 6.45) is 6.27. The van der Waals surface area contributed by atoms with Gasteiger partial charge in [-0.25, -0.2) is 13.8 Å². The predicted molar refractivity (Wildman–Crippen MR) is 140 cm³/mol. The number of aryl methyl sites for hydroxylation is 1. The molecule has 1 aliphatic rings. The van der Waals surface area contributed by atoms with E-state index in [0.29, 0.717) is 5.69 Å². The van der Waals surface area contributed by atoms with Gasteiger partial charge in [-0.2, -0.15) is 5.10 Å². The van der Waals surface area contributed by atoms with Crippen molar-refractivity contribution in [3.05, 3.63) is 95.6 Å². The first-order valence-electron chi connectivity index (χ1n) is 12.0. The van der Waals surface area contributed by atoms with Gasteiger partial charge < -0.3 is 0 Å². The zero-order valence-corrected chi connectivity index (χ0v) is 20.8. The molecule has 1 amide bonds. The third-order valence-corrected chi connectivity index (χ3v) is 7.97. The van der Waals surface area contributed by atoms with Crippen LogP contribution in [-0.2, 0) is 16.6 Å². The van der Waals surface area contributed by atoms with Crippen LogP contribution >= 0.6 is 0 Å². The second-order valence-corrected chi connectivity index (χ2v) is 10.7. The van der Waals surface area contributed by atoms with Crippen LogP contribution in [0.4, 0.5) is 5.69 Å². The lowest BCUT2D eigenvalue weighted by molar-refractivity contribution is 0.0955. The minimum absolute atomic E-state index is 0.0931. The number of hydrogen-bond donors (Lipinski definition) is 1. The normalized spacial score (nSPS) is 14.1. The summed E-state index contributed by atoms with van der Waals surface area (Å²) in [4.78, 5) is 13.4. The molecular weight excluding hydrogens is 458 g/mol. The van der Waals surface area contributed by atoms with Gasteiger partial charge in [-0.15, -0.1) is 0 Å². The van der Waals surface area contributed by atoms with E-state index in [-0.39, 0.29) is 17.0 Å². The second-order valence-electron chi connectivity index (χ2n) is 8.86. The molecule has 1 saturated carbocycles. The van der Waals surface area contributed by atoms with Crippen LogP contribution in [-0.4, -0.2) is 20.0 Å². The molecular formula is C28H31N3O3S. The molecule has 182 valence electrons. The topological polar surface area (TPSA) is 78.8 Å². The van der Waals surface area contributed by atoms with Crippen LogP contribution in [0.1, 0.15) is 60.0 Å². The van der Waals surface area contributed by atoms with Gasteiger partial charge in [-0.3, -0.25) is 9.10 Å². The Morgan fingerprint density at radius 2 is 1.49 bits per heavy atom. The molecule has 0 aliphatic heterocycles. The fraction of sp³-hybridized carbons (Fsp3) is 0.286. The molecule has 35 heavy (non-hydrogen) atoms. The third kappa shape index (κ3) is 6.17. The molecule has 1 aliphatic carbocycles. The molecule has 3 aromatic carbocycles. The number of hydrazone groups is 1. The van der Waals surface area contributed by atoms with Gasteiger partial charge in [0.05, 0.1) is 22.7 Å². The quantitative estimate of drug-likeness (QED) is 0.335. The van der Waals surface area contributed by atoms with Crippen molar-refractivity contribution < 1.29 is 13.2 Å². The minimum Gasteiger partial charge on any atom is -0.267 e. The highest BCUT2D eigenvalue weighted by Crippen LogP contribution is 2.29. The highest BCUT2D eigenvalue weighted by atomic mass is 32.2. The lowest BCUT2D eigenvalue weighted by atomic mass is 10.1. The smallest absolute Gasteiger partial charge is 0.267 e. The second kappa shape index (κ2) is 11.3. The van der Waals surface area contributed by atoms with Crippen LogP contribution < -0.4 is 9.73 Å². The van der Waals surface area contributed by atoms with Crippen LogP contribution in [0.15, 0.2) is 88.9 Å². The Kier molecular flexibility index (Phi) is 7.98. The van der Waals surface area contributed by atoms with Crippen molar-refractivity contribution in [3.8, 4) is 0 Å². The first kappa shape index (κ1) is 24.7. The van der Waals surface area contributed by atoms with Crippen LogP contribution in [0.25, 0.3) is 0 Å². The molecule has 0 heterocycles. The van der Waals surface area contributed by atoms with Crippen LogP contribution in [0.3, 0.4) is 0 Å². The number of amides is 1. The summed E-state index contributed by atoms with van der Waals surface area (Å²) in [6, 6.07) is 22.9. The monoisotopic (exact) mass is 489 g/mol. The first-order valence-corrected chi connectivity index (χ1v) is 13.5. The van der Waals surface area contributed by atoms with Gasteiger partial charge >= 0.3 is 0 Å². The van der Waals surface area contributed by atoms with Gasteiger partial charge in [0.1, 0.15) is 0 Å². The average Bonchev–Trinajstić information content (AvgIpc) is 3.16. The molecule has 0 unspecified atom stereocenters. The number of hydrogen-bond acceptors (Lipinski definition) is 4. The molecule has 0 spiro atoms. The number of nitrogens with zero attached hydrogens (tertiary/aromatic N) is 2. The van der Waals surface area contributed by atoms with Crippen molar-refractivity contribution in [2.24, 2.45) is 5.10 Å². The molecule has 0 aromatic heterocycles. The number of nitrogens with one attached hydrogen (secondary N) is 1. The summed E-state index contributed by atoms with van der Waals surface area (Å²) in [7, 11) is -3.95. The fourth-order valence-electron chi connectivity index (χ4n) is 4.21. The third-order valence-electron chi connectivity index (χ3n) is 6.19. The van der Waals surface area contributed by atoms with Crippen LogP contribution in [0.5, 0.6) is 0 Å². The summed E-state index contributed by atoms with van der Waals surface area (Å²) < 4.78 is 29.0. The summed E-state index contributed by atoms with van der Waals surface area (Å²) in [6.45, 7) is 2.00. The number of para-hydroxylation sites is 1. The van der Waals surface area contributed by atoms with Gasteiger partial charge in [0.15, 0.2) is 0 Å². The van der Waals surface area contributed by atoms with Crippen molar-refractivity contribution >= 4 is 27.3 Å². The number of rotatable bonds is 7. The minimum atomic E-state index is -3.95. The average molecular weight is 490 g/mol. The Balaban J connectivity index is 1.71. The van der Waals surface area contributed by atoms with Crippen LogP contribution in [0, 0.1) is 6.92 Å². The van der Waals surface area contributed by atoms with Gasteiger partial charge in [-0.1, -0.05) is 73.0 Å². The molecule has 4 rings (SSSR count). The van der Waals surface area contributed by atoms with E-state index in [1.807, 2.05) is 37.3 Å². The molecule has 0 bridgehead atoms. The largest absolute Gasteiger partial charge is 0.273 e. The van der Waals surface area contributed by atoms with E-state index < -0.39 is 15.9 Å². The van der Waals surface area contributed by atoms with Gasteiger partial charge in [0, 0.05) is 5.71 Å². The van der Waals surface area contributed by atoms with E-state index in [4.69, 9.17) is 0 Å². The zero-order valence-electron chi connectivity index (χ0n) is 20.0. The molecule has 1 N–H and O–H groups in total. The molecule has 7 heteroatoms.